The van der Waals surface area contributed by atoms with Crippen LogP contribution in [-0.4, -0.2) is 28.7 Å². The Balaban J connectivity index is 1.36. The van der Waals surface area contributed by atoms with E-state index in [0.29, 0.717) is 28.6 Å². The second-order valence-electron chi connectivity index (χ2n) is 5.41. The van der Waals surface area contributed by atoms with Gasteiger partial charge in [0.1, 0.15) is 5.82 Å². The zero-order valence-electron chi connectivity index (χ0n) is 13.6. The molecule has 0 fully saturated rings. The summed E-state index contributed by atoms with van der Waals surface area (Å²) in [6, 6.07) is 9.23. The van der Waals surface area contributed by atoms with Gasteiger partial charge in [-0.25, -0.2) is 4.39 Å². The lowest BCUT2D eigenvalue weighted by Crippen LogP contribution is -2.14. The number of hydrogen-bond acceptors (Lipinski definition) is 7. The number of benzene rings is 2. The average molecular weight is 408 g/mol. The number of halogens is 2. The van der Waals surface area contributed by atoms with Gasteiger partial charge in [0.25, 0.3) is 5.22 Å². The molecule has 0 bridgehead atoms. The van der Waals surface area contributed by atoms with E-state index in [9.17, 15) is 9.18 Å². The lowest BCUT2D eigenvalue weighted by molar-refractivity contribution is -0.113. The van der Waals surface area contributed by atoms with Gasteiger partial charge >= 0.3 is 0 Å². The van der Waals surface area contributed by atoms with Gasteiger partial charge in [-0.15, -0.1) is 10.2 Å². The Hall–Kier alpha value is -2.78. The van der Waals surface area contributed by atoms with Gasteiger partial charge in [-0.3, -0.25) is 4.79 Å². The molecule has 2 aromatic carbocycles. The number of carbonyl (C=O) groups is 1. The number of thioether (sulfide) groups is 1. The quantitative estimate of drug-likeness (QED) is 0.640. The number of carbonyl (C=O) groups excluding carboxylic acids is 1. The first-order chi connectivity index (χ1) is 13.1. The van der Waals surface area contributed by atoms with Gasteiger partial charge < -0.3 is 19.2 Å². The molecule has 7 nitrogen and oxygen atoms in total. The van der Waals surface area contributed by atoms with E-state index in [1.54, 1.807) is 18.2 Å². The monoisotopic (exact) mass is 407 g/mol. The molecular formula is C17H11ClFN3O4S. The Kier molecular flexibility index (Phi) is 4.87. The van der Waals surface area contributed by atoms with E-state index in [1.807, 2.05) is 0 Å². The number of ether oxygens (including phenoxy) is 2. The standard InChI is InChI=1S/C17H11ClFN3O4S/c18-11-6-10(2-3-12(11)19)20-15(23)7-27-17-22-21-16(26-17)9-1-4-13-14(5-9)25-8-24-13/h1-6H,7-8H2,(H,20,23). The van der Waals surface area contributed by atoms with Crippen LogP contribution in [0.15, 0.2) is 46.0 Å². The van der Waals surface area contributed by atoms with E-state index in [1.165, 1.54) is 18.2 Å². The van der Waals surface area contributed by atoms with Crippen molar-refractivity contribution in [3.05, 3.63) is 47.2 Å². The third kappa shape index (κ3) is 3.99. The van der Waals surface area contributed by atoms with Gasteiger partial charge in [0.15, 0.2) is 11.5 Å². The van der Waals surface area contributed by atoms with Crippen LogP contribution in [0.25, 0.3) is 11.5 Å². The van der Waals surface area contributed by atoms with Gasteiger partial charge in [0.2, 0.25) is 18.6 Å². The molecule has 1 aromatic heterocycles. The van der Waals surface area contributed by atoms with Crippen molar-refractivity contribution in [2.75, 3.05) is 17.9 Å². The first-order valence-corrected chi connectivity index (χ1v) is 9.06. The summed E-state index contributed by atoms with van der Waals surface area (Å²) < 4.78 is 29.3. The number of aromatic nitrogens is 2. The van der Waals surface area contributed by atoms with E-state index >= 15 is 0 Å². The van der Waals surface area contributed by atoms with Crippen molar-refractivity contribution in [1.82, 2.24) is 10.2 Å². The van der Waals surface area contributed by atoms with Crippen molar-refractivity contribution in [1.29, 1.82) is 0 Å². The summed E-state index contributed by atoms with van der Waals surface area (Å²) in [5.74, 6) is 0.748. The maximum Gasteiger partial charge on any atom is 0.277 e. The molecule has 1 aliphatic heterocycles. The number of rotatable bonds is 5. The van der Waals surface area contributed by atoms with E-state index < -0.39 is 5.82 Å². The molecule has 0 unspecified atom stereocenters. The number of hydrogen-bond donors (Lipinski definition) is 1. The zero-order valence-corrected chi connectivity index (χ0v) is 15.1. The first kappa shape index (κ1) is 17.6. The van der Waals surface area contributed by atoms with Gasteiger partial charge in [-0.1, -0.05) is 23.4 Å². The summed E-state index contributed by atoms with van der Waals surface area (Å²) in [6.45, 7) is 0.179. The van der Waals surface area contributed by atoms with Crippen molar-refractivity contribution < 1.29 is 23.1 Å². The predicted octanol–water partition coefficient (Wildman–Crippen LogP) is 3.99. The van der Waals surface area contributed by atoms with E-state index in [2.05, 4.69) is 15.5 Å². The molecule has 0 spiro atoms. The molecule has 1 aliphatic rings. The minimum Gasteiger partial charge on any atom is -0.454 e. The molecule has 0 saturated carbocycles. The zero-order chi connectivity index (χ0) is 18.8. The molecule has 1 N–H and O–H groups in total. The fourth-order valence-electron chi connectivity index (χ4n) is 2.31. The van der Waals surface area contributed by atoms with Crippen molar-refractivity contribution >= 4 is 35.0 Å². The van der Waals surface area contributed by atoms with Gasteiger partial charge in [0.05, 0.1) is 10.8 Å². The number of anilines is 1. The number of amides is 1. The molecule has 0 radical (unpaired) electrons. The summed E-state index contributed by atoms with van der Waals surface area (Å²) >= 11 is 6.77. The molecule has 0 atom stereocenters. The largest absolute Gasteiger partial charge is 0.454 e. The maximum atomic E-state index is 13.1. The Morgan fingerprint density at radius 3 is 2.89 bits per heavy atom. The van der Waals surface area contributed by atoms with Gasteiger partial charge in [0, 0.05) is 11.3 Å². The Labute approximate surface area is 161 Å². The highest BCUT2D eigenvalue weighted by molar-refractivity contribution is 7.99. The van der Waals surface area contributed by atoms with Crippen LogP contribution in [0.3, 0.4) is 0 Å². The Bertz CT molecular complexity index is 1010. The lowest BCUT2D eigenvalue weighted by Gasteiger charge is -2.04. The van der Waals surface area contributed by atoms with Crippen molar-refractivity contribution in [2.45, 2.75) is 5.22 Å². The molecule has 4 rings (SSSR count). The van der Waals surface area contributed by atoms with Crippen LogP contribution in [0.2, 0.25) is 5.02 Å². The molecule has 1 amide bonds. The normalized spacial score (nSPS) is 12.2. The Morgan fingerprint density at radius 2 is 2.04 bits per heavy atom. The van der Waals surface area contributed by atoms with Crippen LogP contribution in [0.1, 0.15) is 0 Å². The smallest absolute Gasteiger partial charge is 0.277 e. The fraction of sp³-hybridized carbons (Fsp3) is 0.118. The number of fused-ring (bicyclic) bond motifs is 1. The third-order valence-electron chi connectivity index (χ3n) is 3.56. The topological polar surface area (TPSA) is 86.5 Å². The predicted molar refractivity (Wildman–Crippen MR) is 96.6 cm³/mol. The van der Waals surface area contributed by atoms with Crippen molar-refractivity contribution in [3.8, 4) is 23.0 Å². The molecule has 2 heterocycles. The summed E-state index contributed by atoms with van der Waals surface area (Å²) in [5.41, 5.74) is 1.09. The summed E-state index contributed by atoms with van der Waals surface area (Å²) in [5, 5.41) is 10.7. The van der Waals surface area contributed by atoms with Gasteiger partial charge in [-0.05, 0) is 36.4 Å². The molecule has 0 aliphatic carbocycles. The highest BCUT2D eigenvalue weighted by Gasteiger charge is 2.17. The molecule has 10 heteroatoms. The van der Waals surface area contributed by atoms with Crippen LogP contribution in [0.4, 0.5) is 10.1 Å². The second kappa shape index (κ2) is 7.45. The molecule has 138 valence electrons. The number of nitrogens with zero attached hydrogens (tertiary/aromatic N) is 2. The lowest BCUT2D eigenvalue weighted by atomic mass is 10.2. The molecule has 0 saturated heterocycles. The van der Waals surface area contributed by atoms with E-state index in [0.717, 1.165) is 11.8 Å². The minimum atomic E-state index is -0.550. The number of nitrogens with one attached hydrogen (secondary N) is 1. The first-order valence-electron chi connectivity index (χ1n) is 7.70. The third-order valence-corrected chi connectivity index (χ3v) is 4.66. The van der Waals surface area contributed by atoms with Crippen LogP contribution >= 0.6 is 23.4 Å². The maximum absolute atomic E-state index is 13.1. The minimum absolute atomic E-state index is 0.0395. The average Bonchev–Trinajstić information content (AvgIpc) is 3.31. The van der Waals surface area contributed by atoms with Crippen LogP contribution in [-0.2, 0) is 4.79 Å². The second-order valence-corrected chi connectivity index (χ2v) is 6.74. The highest BCUT2D eigenvalue weighted by atomic mass is 35.5. The molecule has 27 heavy (non-hydrogen) atoms. The summed E-state index contributed by atoms with van der Waals surface area (Å²) in [7, 11) is 0. The van der Waals surface area contributed by atoms with E-state index in [4.69, 9.17) is 25.5 Å². The molecular weight excluding hydrogens is 397 g/mol. The summed E-state index contributed by atoms with van der Waals surface area (Å²) in [6.07, 6.45) is 0. The van der Waals surface area contributed by atoms with E-state index in [-0.39, 0.29) is 28.7 Å². The SMILES string of the molecule is O=C(CSc1nnc(-c2ccc3c(c2)OCO3)o1)Nc1ccc(F)c(Cl)c1. The van der Waals surface area contributed by atoms with Gasteiger partial charge in [-0.2, -0.15) is 0 Å². The van der Waals surface area contributed by atoms with Crippen molar-refractivity contribution in [2.24, 2.45) is 0 Å². The van der Waals surface area contributed by atoms with Crippen LogP contribution < -0.4 is 14.8 Å². The molecule has 3 aromatic rings. The van der Waals surface area contributed by atoms with Crippen LogP contribution in [0.5, 0.6) is 11.5 Å². The fourth-order valence-corrected chi connectivity index (χ4v) is 3.06. The highest BCUT2D eigenvalue weighted by Crippen LogP contribution is 2.36. The van der Waals surface area contributed by atoms with Crippen molar-refractivity contribution in [3.63, 3.8) is 0 Å². The Morgan fingerprint density at radius 1 is 1.19 bits per heavy atom. The van der Waals surface area contributed by atoms with Crippen LogP contribution in [0, 0.1) is 5.82 Å². The summed E-state index contributed by atoms with van der Waals surface area (Å²) in [4.78, 5) is 12.0.